The summed E-state index contributed by atoms with van der Waals surface area (Å²) in [5.74, 6) is -0.422. The normalized spacial score (nSPS) is 10.3. The van der Waals surface area contributed by atoms with E-state index in [1.807, 2.05) is 19.9 Å². The number of nitrogens with one attached hydrogen (secondary N) is 1. The van der Waals surface area contributed by atoms with Crippen molar-refractivity contribution in [3.05, 3.63) is 63.5 Å². The van der Waals surface area contributed by atoms with Crippen LogP contribution in [0.3, 0.4) is 0 Å². The second-order valence-corrected chi connectivity index (χ2v) is 5.12. The monoisotopic (exact) mass is 299 g/mol. The molecule has 22 heavy (non-hydrogen) atoms. The van der Waals surface area contributed by atoms with Gasteiger partial charge in [0.1, 0.15) is 17.6 Å². The molecule has 0 unspecified atom stereocenters. The van der Waals surface area contributed by atoms with Gasteiger partial charge in [0, 0.05) is 0 Å². The summed E-state index contributed by atoms with van der Waals surface area (Å²) in [4.78, 5) is 10.3. The molecule has 0 bridgehead atoms. The van der Waals surface area contributed by atoms with E-state index in [0.29, 0.717) is 11.3 Å². The highest BCUT2D eigenvalue weighted by molar-refractivity contribution is 5.73. The van der Waals surface area contributed by atoms with Crippen LogP contribution >= 0.6 is 0 Å². The zero-order chi connectivity index (χ0) is 16.3. The molecule has 6 heteroatoms. The third-order valence-corrected chi connectivity index (χ3v) is 3.26. The number of halogens is 1. The number of nitro benzene ring substituents is 1. The Morgan fingerprint density at radius 1 is 1.23 bits per heavy atom. The van der Waals surface area contributed by atoms with Crippen molar-refractivity contribution in [2.24, 2.45) is 0 Å². The minimum atomic E-state index is -0.687. The first-order valence-electron chi connectivity index (χ1n) is 6.67. The number of benzene rings is 2. The predicted molar refractivity (Wildman–Crippen MR) is 81.6 cm³/mol. The summed E-state index contributed by atoms with van der Waals surface area (Å²) in [5.41, 5.74) is 1.58. The van der Waals surface area contributed by atoms with E-state index < -0.39 is 10.7 Å². The number of nitriles is 1. The Kier molecular flexibility index (Phi) is 4.37. The van der Waals surface area contributed by atoms with Gasteiger partial charge in [-0.15, -0.1) is 0 Å². The largest absolute Gasteiger partial charge is 0.349 e. The molecule has 0 saturated heterocycles. The molecule has 0 radical (unpaired) electrons. The highest BCUT2D eigenvalue weighted by Gasteiger charge is 2.16. The molecular formula is C16H14FN3O2. The van der Waals surface area contributed by atoms with Crippen molar-refractivity contribution in [2.45, 2.75) is 19.8 Å². The van der Waals surface area contributed by atoms with Crippen LogP contribution in [-0.2, 0) is 0 Å². The Morgan fingerprint density at radius 2 is 1.91 bits per heavy atom. The van der Waals surface area contributed by atoms with Crippen LogP contribution in [-0.4, -0.2) is 4.92 Å². The second kappa shape index (κ2) is 6.22. The molecular weight excluding hydrogens is 285 g/mol. The Labute approximate surface area is 127 Å². The van der Waals surface area contributed by atoms with Gasteiger partial charge in [-0.25, -0.2) is 4.39 Å². The molecule has 5 nitrogen and oxygen atoms in total. The quantitative estimate of drug-likeness (QED) is 0.667. The van der Waals surface area contributed by atoms with Crippen LogP contribution in [0.4, 0.5) is 21.5 Å². The lowest BCUT2D eigenvalue weighted by Crippen LogP contribution is -2.00. The van der Waals surface area contributed by atoms with Gasteiger partial charge in [-0.3, -0.25) is 10.1 Å². The van der Waals surface area contributed by atoms with Crippen molar-refractivity contribution in [3.63, 3.8) is 0 Å². The topological polar surface area (TPSA) is 79.0 Å². The standard InChI is InChI=1S/C16H14FN3O2/c1-10(2)11-3-5-14(12(7-11)9-18)19-15-6-4-13(17)8-16(15)20(21)22/h3-8,10,19H,1-2H3. The molecule has 2 aromatic carbocycles. The third kappa shape index (κ3) is 3.20. The summed E-state index contributed by atoms with van der Waals surface area (Å²) in [6, 6.07) is 10.6. The summed E-state index contributed by atoms with van der Waals surface area (Å²) in [7, 11) is 0. The first-order chi connectivity index (χ1) is 10.4. The molecule has 0 saturated carbocycles. The molecule has 0 amide bonds. The van der Waals surface area contributed by atoms with E-state index in [-0.39, 0.29) is 17.3 Å². The maximum Gasteiger partial charge on any atom is 0.295 e. The molecule has 0 aliphatic carbocycles. The molecule has 0 aromatic heterocycles. The highest BCUT2D eigenvalue weighted by atomic mass is 19.1. The van der Waals surface area contributed by atoms with Crippen LogP contribution in [0.2, 0.25) is 0 Å². The molecule has 0 heterocycles. The van der Waals surface area contributed by atoms with Gasteiger partial charge < -0.3 is 5.32 Å². The van der Waals surface area contributed by atoms with Crippen LogP contribution in [0.25, 0.3) is 0 Å². The average molecular weight is 299 g/mol. The van der Waals surface area contributed by atoms with Gasteiger partial charge in [-0.2, -0.15) is 5.26 Å². The molecule has 112 valence electrons. The van der Waals surface area contributed by atoms with Crippen molar-refractivity contribution in [1.29, 1.82) is 5.26 Å². The van der Waals surface area contributed by atoms with E-state index in [1.165, 1.54) is 6.07 Å². The minimum absolute atomic E-state index is 0.139. The van der Waals surface area contributed by atoms with Gasteiger partial charge in [-0.05, 0) is 35.7 Å². The fourth-order valence-corrected chi connectivity index (χ4v) is 2.03. The first kappa shape index (κ1) is 15.4. The van der Waals surface area contributed by atoms with Crippen molar-refractivity contribution >= 4 is 17.1 Å². The van der Waals surface area contributed by atoms with Crippen molar-refractivity contribution in [1.82, 2.24) is 0 Å². The molecule has 2 rings (SSSR count). The molecule has 1 N–H and O–H groups in total. The van der Waals surface area contributed by atoms with Gasteiger partial charge in [0.15, 0.2) is 0 Å². The van der Waals surface area contributed by atoms with E-state index in [2.05, 4.69) is 11.4 Å². The van der Waals surface area contributed by atoms with Gasteiger partial charge >= 0.3 is 0 Å². The van der Waals surface area contributed by atoms with Crippen molar-refractivity contribution in [2.75, 3.05) is 5.32 Å². The summed E-state index contributed by atoms with van der Waals surface area (Å²) in [6.45, 7) is 4.02. The SMILES string of the molecule is CC(C)c1ccc(Nc2ccc(F)cc2[N+](=O)[O-])c(C#N)c1. The van der Waals surface area contributed by atoms with E-state index in [4.69, 9.17) is 0 Å². The Balaban J connectivity index is 2.44. The molecule has 0 aliphatic heterocycles. The summed E-state index contributed by atoms with van der Waals surface area (Å²) >= 11 is 0. The number of rotatable bonds is 4. The molecule has 0 fully saturated rings. The molecule has 0 aliphatic rings. The molecule has 0 atom stereocenters. The van der Waals surface area contributed by atoms with Crippen molar-refractivity contribution in [3.8, 4) is 6.07 Å². The fraction of sp³-hybridized carbons (Fsp3) is 0.188. The van der Waals surface area contributed by atoms with Crippen LogP contribution in [0, 0.1) is 27.3 Å². The highest BCUT2D eigenvalue weighted by Crippen LogP contribution is 2.30. The van der Waals surface area contributed by atoms with Crippen LogP contribution < -0.4 is 5.32 Å². The van der Waals surface area contributed by atoms with Gasteiger partial charge in [0.25, 0.3) is 5.69 Å². The number of nitro groups is 1. The lowest BCUT2D eigenvalue weighted by atomic mass is 10.00. The fourth-order valence-electron chi connectivity index (χ4n) is 2.03. The Morgan fingerprint density at radius 3 is 2.50 bits per heavy atom. The van der Waals surface area contributed by atoms with Crippen LogP contribution in [0.15, 0.2) is 36.4 Å². The third-order valence-electron chi connectivity index (χ3n) is 3.26. The minimum Gasteiger partial charge on any atom is -0.349 e. The Bertz CT molecular complexity index is 766. The summed E-state index contributed by atoms with van der Waals surface area (Å²) in [5, 5.41) is 23.1. The maximum absolute atomic E-state index is 13.1. The number of anilines is 2. The number of hydrogen-bond acceptors (Lipinski definition) is 4. The van der Waals surface area contributed by atoms with Gasteiger partial charge in [-0.1, -0.05) is 19.9 Å². The lowest BCUT2D eigenvalue weighted by molar-refractivity contribution is -0.384. The van der Waals surface area contributed by atoms with E-state index in [0.717, 1.165) is 17.7 Å². The van der Waals surface area contributed by atoms with Gasteiger partial charge in [0.2, 0.25) is 0 Å². The Hall–Kier alpha value is -2.94. The van der Waals surface area contributed by atoms with Crippen molar-refractivity contribution < 1.29 is 9.31 Å². The molecule has 0 spiro atoms. The number of hydrogen-bond donors (Lipinski definition) is 1. The lowest BCUT2D eigenvalue weighted by Gasteiger charge is -2.12. The molecule has 2 aromatic rings. The zero-order valence-corrected chi connectivity index (χ0v) is 12.1. The van der Waals surface area contributed by atoms with Crippen LogP contribution in [0.1, 0.15) is 30.9 Å². The average Bonchev–Trinajstić information content (AvgIpc) is 2.48. The van der Waals surface area contributed by atoms with E-state index in [1.54, 1.807) is 12.1 Å². The van der Waals surface area contributed by atoms with Gasteiger partial charge in [0.05, 0.1) is 22.2 Å². The first-order valence-corrected chi connectivity index (χ1v) is 6.67. The summed E-state index contributed by atoms with van der Waals surface area (Å²) < 4.78 is 13.1. The van der Waals surface area contributed by atoms with Crippen LogP contribution in [0.5, 0.6) is 0 Å². The van der Waals surface area contributed by atoms with E-state index in [9.17, 15) is 19.8 Å². The smallest absolute Gasteiger partial charge is 0.295 e. The zero-order valence-electron chi connectivity index (χ0n) is 12.1. The second-order valence-electron chi connectivity index (χ2n) is 5.12. The summed E-state index contributed by atoms with van der Waals surface area (Å²) in [6.07, 6.45) is 0. The predicted octanol–water partition coefficient (Wildman–Crippen LogP) is 4.47. The van der Waals surface area contributed by atoms with E-state index >= 15 is 0 Å². The maximum atomic E-state index is 13.1. The number of nitrogens with zero attached hydrogens (tertiary/aromatic N) is 2.